The minimum absolute atomic E-state index is 0.0866. The van der Waals surface area contributed by atoms with Crippen LogP contribution < -0.4 is 5.32 Å². The van der Waals surface area contributed by atoms with Crippen LogP contribution in [-0.4, -0.2) is 60.4 Å². The lowest BCUT2D eigenvalue weighted by molar-refractivity contribution is -0.135. The number of hydrogen-bond acceptors (Lipinski definition) is 4. The Balaban J connectivity index is 1.38. The van der Waals surface area contributed by atoms with Gasteiger partial charge >= 0.3 is 0 Å². The summed E-state index contributed by atoms with van der Waals surface area (Å²) in [6.45, 7) is 5.73. The Labute approximate surface area is 141 Å². The van der Waals surface area contributed by atoms with Gasteiger partial charge in [-0.2, -0.15) is 0 Å². The molecule has 0 bridgehead atoms. The highest BCUT2D eigenvalue weighted by atomic mass is 32.1. The van der Waals surface area contributed by atoms with Crippen molar-refractivity contribution in [3.8, 4) is 0 Å². The van der Waals surface area contributed by atoms with Crippen LogP contribution in [0.25, 0.3) is 0 Å². The maximum absolute atomic E-state index is 12.3. The van der Waals surface area contributed by atoms with Crippen LogP contribution in [0, 0.1) is 5.92 Å². The van der Waals surface area contributed by atoms with E-state index in [1.807, 2.05) is 17.9 Å². The van der Waals surface area contributed by atoms with Gasteiger partial charge in [0, 0.05) is 43.5 Å². The lowest BCUT2D eigenvalue weighted by Crippen LogP contribution is -2.55. The summed E-state index contributed by atoms with van der Waals surface area (Å²) in [6.07, 6.45) is 3.00. The van der Waals surface area contributed by atoms with Crippen molar-refractivity contribution in [1.29, 1.82) is 0 Å². The lowest BCUT2D eigenvalue weighted by atomic mass is 10.2. The maximum Gasteiger partial charge on any atom is 0.237 e. The van der Waals surface area contributed by atoms with E-state index in [0.29, 0.717) is 18.4 Å². The molecule has 1 saturated heterocycles. The van der Waals surface area contributed by atoms with Crippen LogP contribution in [0.15, 0.2) is 17.5 Å². The first-order valence-corrected chi connectivity index (χ1v) is 9.36. The van der Waals surface area contributed by atoms with Gasteiger partial charge in [-0.1, -0.05) is 6.07 Å². The van der Waals surface area contributed by atoms with Crippen molar-refractivity contribution in [1.82, 2.24) is 15.1 Å². The van der Waals surface area contributed by atoms with E-state index >= 15 is 0 Å². The highest BCUT2D eigenvalue weighted by Gasteiger charge is 2.35. The molecular weight excluding hydrogens is 310 g/mol. The molecule has 1 aromatic rings. The molecule has 5 nitrogen and oxygen atoms in total. The highest BCUT2D eigenvalue weighted by molar-refractivity contribution is 7.09. The Bertz CT molecular complexity index is 534. The Hall–Kier alpha value is -1.40. The van der Waals surface area contributed by atoms with Gasteiger partial charge in [-0.25, -0.2) is 0 Å². The number of amides is 2. The zero-order valence-electron chi connectivity index (χ0n) is 13.7. The van der Waals surface area contributed by atoms with Crippen molar-refractivity contribution in [3.63, 3.8) is 0 Å². The van der Waals surface area contributed by atoms with Gasteiger partial charge in [-0.15, -0.1) is 11.3 Å². The molecule has 1 aliphatic carbocycles. The van der Waals surface area contributed by atoms with Crippen LogP contribution in [0.1, 0.15) is 24.6 Å². The van der Waals surface area contributed by atoms with E-state index in [-0.39, 0.29) is 11.9 Å². The lowest BCUT2D eigenvalue weighted by Gasteiger charge is -2.37. The van der Waals surface area contributed by atoms with Gasteiger partial charge in [-0.3, -0.25) is 14.5 Å². The van der Waals surface area contributed by atoms with E-state index in [0.717, 1.165) is 45.4 Å². The van der Waals surface area contributed by atoms with Crippen LogP contribution in [0.3, 0.4) is 0 Å². The minimum atomic E-state index is -0.128. The van der Waals surface area contributed by atoms with E-state index in [9.17, 15) is 9.59 Å². The number of carbonyl (C=O) groups is 2. The molecule has 126 valence electrons. The quantitative estimate of drug-likeness (QED) is 0.854. The highest BCUT2D eigenvalue weighted by Crippen LogP contribution is 2.31. The molecule has 1 unspecified atom stereocenters. The van der Waals surface area contributed by atoms with E-state index in [4.69, 9.17) is 0 Å². The maximum atomic E-state index is 12.3. The molecule has 2 amide bonds. The molecule has 0 radical (unpaired) electrons. The average molecular weight is 335 g/mol. The van der Waals surface area contributed by atoms with E-state index in [1.54, 1.807) is 11.3 Å². The largest absolute Gasteiger partial charge is 0.354 e. The van der Waals surface area contributed by atoms with Crippen molar-refractivity contribution < 1.29 is 9.59 Å². The summed E-state index contributed by atoms with van der Waals surface area (Å²) < 4.78 is 0. The molecule has 3 rings (SSSR count). The van der Waals surface area contributed by atoms with Gasteiger partial charge in [-0.05, 0) is 37.6 Å². The number of thiophene rings is 1. The molecule has 0 spiro atoms. The standard InChI is InChI=1S/C17H25N3O2S/c1-13(16(21)18-7-6-15-3-2-12-23-15)19-8-10-20(11-9-19)17(22)14-4-5-14/h2-3,12-14H,4-11H2,1H3,(H,18,21). The summed E-state index contributed by atoms with van der Waals surface area (Å²) in [5, 5.41) is 5.08. The topological polar surface area (TPSA) is 52.7 Å². The monoisotopic (exact) mass is 335 g/mol. The Morgan fingerprint density at radius 3 is 2.65 bits per heavy atom. The second kappa shape index (κ2) is 7.45. The molecule has 23 heavy (non-hydrogen) atoms. The van der Waals surface area contributed by atoms with E-state index in [1.165, 1.54) is 4.88 Å². The van der Waals surface area contributed by atoms with Crippen LogP contribution >= 0.6 is 11.3 Å². The predicted octanol–water partition coefficient (Wildman–Crippen LogP) is 1.35. The molecule has 1 N–H and O–H groups in total. The van der Waals surface area contributed by atoms with Crippen molar-refractivity contribution in [3.05, 3.63) is 22.4 Å². The zero-order valence-corrected chi connectivity index (χ0v) is 14.5. The fourth-order valence-corrected chi connectivity index (χ4v) is 3.70. The van der Waals surface area contributed by atoms with Gasteiger partial charge in [0.1, 0.15) is 0 Å². The van der Waals surface area contributed by atoms with Gasteiger partial charge in [0.15, 0.2) is 0 Å². The first-order chi connectivity index (χ1) is 11.1. The fourth-order valence-electron chi connectivity index (χ4n) is 3.00. The first kappa shape index (κ1) is 16.5. The van der Waals surface area contributed by atoms with Gasteiger partial charge in [0.2, 0.25) is 11.8 Å². The van der Waals surface area contributed by atoms with Crippen molar-refractivity contribution in [2.45, 2.75) is 32.2 Å². The van der Waals surface area contributed by atoms with Crippen LogP contribution in [0.2, 0.25) is 0 Å². The Morgan fingerprint density at radius 2 is 2.04 bits per heavy atom. The molecule has 1 atom stereocenters. The third-order valence-corrected chi connectivity index (χ3v) is 5.67. The molecule has 2 fully saturated rings. The number of piperazine rings is 1. The Morgan fingerprint density at radius 1 is 1.30 bits per heavy atom. The second-order valence-electron chi connectivity index (χ2n) is 6.43. The van der Waals surface area contributed by atoms with Gasteiger partial charge in [0.05, 0.1) is 6.04 Å². The first-order valence-electron chi connectivity index (χ1n) is 8.48. The third kappa shape index (κ3) is 4.32. The zero-order chi connectivity index (χ0) is 16.2. The third-order valence-electron chi connectivity index (χ3n) is 4.73. The van der Waals surface area contributed by atoms with Crippen molar-refractivity contribution >= 4 is 23.2 Å². The summed E-state index contributed by atoms with van der Waals surface area (Å²) >= 11 is 1.72. The summed E-state index contributed by atoms with van der Waals surface area (Å²) in [4.78, 5) is 29.8. The number of carbonyl (C=O) groups excluding carboxylic acids is 2. The van der Waals surface area contributed by atoms with E-state index in [2.05, 4.69) is 21.7 Å². The molecular formula is C17H25N3O2S. The average Bonchev–Trinajstić information content (AvgIpc) is 3.30. The number of nitrogens with zero attached hydrogens (tertiary/aromatic N) is 2. The Kier molecular flexibility index (Phi) is 5.33. The molecule has 0 aromatic carbocycles. The minimum Gasteiger partial charge on any atom is -0.354 e. The SMILES string of the molecule is CC(C(=O)NCCc1cccs1)N1CCN(C(=O)C2CC2)CC1. The molecule has 2 heterocycles. The van der Waals surface area contributed by atoms with Gasteiger partial charge < -0.3 is 10.2 Å². The molecule has 1 aromatic heterocycles. The number of rotatable bonds is 6. The molecule has 1 aliphatic heterocycles. The van der Waals surface area contributed by atoms with Crippen LogP contribution in [0.4, 0.5) is 0 Å². The number of nitrogens with one attached hydrogen (secondary N) is 1. The fraction of sp³-hybridized carbons (Fsp3) is 0.647. The van der Waals surface area contributed by atoms with Crippen LogP contribution in [-0.2, 0) is 16.0 Å². The van der Waals surface area contributed by atoms with Crippen molar-refractivity contribution in [2.75, 3.05) is 32.7 Å². The van der Waals surface area contributed by atoms with Crippen LogP contribution in [0.5, 0.6) is 0 Å². The predicted molar refractivity (Wildman–Crippen MR) is 91.4 cm³/mol. The second-order valence-corrected chi connectivity index (χ2v) is 7.46. The summed E-state index contributed by atoms with van der Waals surface area (Å²) in [5.41, 5.74) is 0. The summed E-state index contributed by atoms with van der Waals surface area (Å²) in [5.74, 6) is 0.695. The molecule has 6 heteroatoms. The molecule has 1 saturated carbocycles. The number of hydrogen-bond donors (Lipinski definition) is 1. The van der Waals surface area contributed by atoms with E-state index < -0.39 is 0 Å². The van der Waals surface area contributed by atoms with Crippen molar-refractivity contribution in [2.24, 2.45) is 5.92 Å². The molecule has 2 aliphatic rings. The summed E-state index contributed by atoms with van der Waals surface area (Å²) in [7, 11) is 0. The van der Waals surface area contributed by atoms with Gasteiger partial charge in [0.25, 0.3) is 0 Å². The smallest absolute Gasteiger partial charge is 0.237 e. The normalized spacial score (nSPS) is 20.3. The summed E-state index contributed by atoms with van der Waals surface area (Å²) in [6, 6.07) is 4.00.